The minimum atomic E-state index is 0.651. The lowest BCUT2D eigenvalue weighted by atomic mass is 10.1. The Labute approximate surface area is 255 Å². The summed E-state index contributed by atoms with van der Waals surface area (Å²) in [6, 6.07) is 20.6. The van der Waals surface area contributed by atoms with Crippen LogP contribution in [0.25, 0.3) is 0 Å². The first kappa shape index (κ1) is 29.6. The van der Waals surface area contributed by atoms with Crippen LogP contribution in [0.4, 0.5) is 22.7 Å². The summed E-state index contributed by atoms with van der Waals surface area (Å²) < 4.78 is 8.52. The van der Waals surface area contributed by atoms with Gasteiger partial charge in [-0.2, -0.15) is 18.3 Å². The molecule has 9 heteroatoms. The number of pyridine rings is 4. The van der Waals surface area contributed by atoms with Crippen LogP contribution in [0.5, 0.6) is 0 Å². The molecule has 0 aromatic carbocycles. The molecule has 4 heterocycles. The standard InChI is InChI=1S/C33H40ClN8/c1-35(2)25-9-17-39(18-10-25)30-29(34)31(40-19-11-26(12-20-40)36(3)4)33(42-23-15-28(16-24-42)38(7)8)32(30)41-21-13-27(14-22-41)37(5)6/h9-24H,1-8H3/q+4. The predicted octanol–water partition coefficient (Wildman–Crippen LogP) is 2.51. The molecule has 1 aliphatic rings. The smallest absolute Gasteiger partial charge is 0.377 e. The maximum atomic E-state index is 7.47. The van der Waals surface area contributed by atoms with Gasteiger partial charge in [-0.05, 0) is 0 Å². The zero-order chi connectivity index (χ0) is 30.1. The summed E-state index contributed by atoms with van der Waals surface area (Å²) in [4.78, 5) is 8.38. The Morgan fingerprint density at radius 3 is 0.738 bits per heavy atom. The van der Waals surface area contributed by atoms with Crippen molar-refractivity contribution in [2.45, 2.75) is 0 Å². The van der Waals surface area contributed by atoms with Crippen LogP contribution in [0.3, 0.4) is 0 Å². The second-order valence-electron chi connectivity index (χ2n) is 11.1. The number of aromatic nitrogens is 4. The van der Waals surface area contributed by atoms with E-state index in [0.29, 0.717) is 5.38 Å². The molecule has 1 aliphatic carbocycles. The summed E-state index contributed by atoms with van der Waals surface area (Å²) in [5.74, 6) is 0. The third-order valence-electron chi connectivity index (χ3n) is 7.43. The van der Waals surface area contributed by atoms with Crippen LogP contribution in [0, 0.1) is 29.5 Å². The summed E-state index contributed by atoms with van der Waals surface area (Å²) in [6.45, 7) is 0. The molecule has 1 fully saturated rings. The lowest BCUT2D eigenvalue weighted by Crippen LogP contribution is -2.60. The summed E-state index contributed by atoms with van der Waals surface area (Å²) in [6.07, 6.45) is 16.7. The van der Waals surface area contributed by atoms with Gasteiger partial charge in [-0.25, -0.2) is 0 Å². The van der Waals surface area contributed by atoms with E-state index in [4.69, 9.17) is 11.6 Å². The van der Waals surface area contributed by atoms with Gasteiger partial charge in [0.15, 0.2) is 49.6 Å². The largest absolute Gasteiger partial charge is 0.400 e. The SMILES string of the molecule is CN(C)c1cc[n+]([C]2[C](Cl)[C]([n+]3ccc(N(C)C)cc3)[C]([n+]3ccc(N(C)C)cc3)[C]2[n+]2ccc(N(C)C)cc2)cc1. The molecule has 5 rings (SSSR count). The van der Waals surface area contributed by atoms with Crippen LogP contribution in [-0.2, 0) is 0 Å². The quantitative estimate of drug-likeness (QED) is 0.298. The summed E-state index contributed by atoms with van der Waals surface area (Å²) in [5, 5.41) is 0.651. The van der Waals surface area contributed by atoms with Crippen molar-refractivity contribution in [1.29, 1.82) is 0 Å². The average Bonchev–Trinajstić information content (AvgIpc) is 3.29. The summed E-state index contributed by atoms with van der Waals surface area (Å²) in [5.41, 5.74) is 4.46. The molecular weight excluding hydrogens is 544 g/mol. The molecule has 4 aromatic heterocycles. The molecule has 1 saturated carbocycles. The Hall–Kier alpha value is -3.91. The van der Waals surface area contributed by atoms with Crippen molar-refractivity contribution in [3.05, 3.63) is 128 Å². The van der Waals surface area contributed by atoms with E-state index in [1.54, 1.807) is 0 Å². The van der Waals surface area contributed by atoms with Gasteiger partial charge in [0.05, 0.1) is 0 Å². The lowest BCUT2D eigenvalue weighted by Gasteiger charge is -2.15. The highest BCUT2D eigenvalue weighted by Crippen LogP contribution is 2.49. The van der Waals surface area contributed by atoms with E-state index < -0.39 is 0 Å². The van der Waals surface area contributed by atoms with Crippen molar-refractivity contribution in [1.82, 2.24) is 0 Å². The Balaban J connectivity index is 1.70. The molecular formula is C33H40ClN8+4. The third kappa shape index (κ3) is 5.73. The Morgan fingerprint density at radius 2 is 0.548 bits per heavy atom. The monoisotopic (exact) mass is 583 g/mol. The van der Waals surface area contributed by atoms with Crippen molar-refractivity contribution >= 4 is 34.4 Å². The van der Waals surface area contributed by atoms with E-state index in [-0.39, 0.29) is 0 Å². The Kier molecular flexibility index (Phi) is 8.55. The van der Waals surface area contributed by atoms with Gasteiger partial charge in [-0.15, -0.1) is 0 Å². The van der Waals surface area contributed by atoms with Crippen molar-refractivity contribution in [3.8, 4) is 0 Å². The highest BCUT2D eigenvalue weighted by molar-refractivity contribution is 6.31. The van der Waals surface area contributed by atoms with Crippen molar-refractivity contribution in [2.24, 2.45) is 0 Å². The van der Waals surface area contributed by atoms with Gasteiger partial charge in [0.2, 0.25) is 5.38 Å². The number of rotatable bonds is 8. The molecule has 215 valence electrons. The number of nitrogens with zero attached hydrogens (tertiary/aromatic N) is 8. The second kappa shape index (κ2) is 12.1. The molecule has 0 bridgehead atoms. The molecule has 0 atom stereocenters. The van der Waals surface area contributed by atoms with Crippen LogP contribution in [0.2, 0.25) is 0 Å². The fourth-order valence-electron chi connectivity index (χ4n) is 4.97. The zero-order valence-corrected chi connectivity index (χ0v) is 26.4. The van der Waals surface area contributed by atoms with E-state index in [9.17, 15) is 0 Å². The molecule has 0 unspecified atom stereocenters. The fourth-order valence-corrected chi connectivity index (χ4v) is 5.34. The summed E-state index contributed by atoms with van der Waals surface area (Å²) >= 11 is 7.47. The van der Waals surface area contributed by atoms with E-state index in [1.807, 2.05) is 56.4 Å². The van der Waals surface area contributed by atoms with E-state index in [2.05, 4.69) is 136 Å². The number of hydrogen-bond donors (Lipinski definition) is 0. The molecule has 0 amide bonds. The van der Waals surface area contributed by atoms with Crippen LogP contribution in [0.15, 0.2) is 98.1 Å². The first-order chi connectivity index (χ1) is 20.1. The average molecular weight is 584 g/mol. The highest BCUT2D eigenvalue weighted by atomic mass is 35.5. The number of halogens is 1. The van der Waals surface area contributed by atoms with Gasteiger partial charge in [-0.1, -0.05) is 11.6 Å². The van der Waals surface area contributed by atoms with Crippen LogP contribution < -0.4 is 37.9 Å². The van der Waals surface area contributed by atoms with Crippen molar-refractivity contribution in [2.75, 3.05) is 76.0 Å². The Morgan fingerprint density at radius 1 is 0.357 bits per heavy atom. The molecule has 5 radical (unpaired) electrons. The molecule has 0 saturated heterocycles. The van der Waals surface area contributed by atoms with Crippen LogP contribution in [-0.4, -0.2) is 56.4 Å². The maximum Gasteiger partial charge on any atom is 0.400 e. The molecule has 4 aromatic rings. The first-order valence-electron chi connectivity index (χ1n) is 13.8. The minimum absolute atomic E-state index is 0.651. The first-order valence-corrected chi connectivity index (χ1v) is 14.2. The second-order valence-corrected chi connectivity index (χ2v) is 11.5. The Bertz CT molecular complexity index is 1340. The number of hydrogen-bond acceptors (Lipinski definition) is 4. The van der Waals surface area contributed by atoms with Gasteiger partial charge >= 0.3 is 24.2 Å². The van der Waals surface area contributed by atoms with Gasteiger partial charge in [-0.3, -0.25) is 0 Å². The normalized spacial score (nSPS) is 15.3. The topological polar surface area (TPSA) is 28.5 Å². The van der Waals surface area contributed by atoms with Gasteiger partial charge in [0.25, 0.3) is 0 Å². The lowest BCUT2D eigenvalue weighted by molar-refractivity contribution is -0.758. The van der Waals surface area contributed by atoms with Crippen molar-refractivity contribution in [3.63, 3.8) is 0 Å². The third-order valence-corrected chi connectivity index (χ3v) is 7.79. The van der Waals surface area contributed by atoms with Crippen LogP contribution in [0.1, 0.15) is 0 Å². The van der Waals surface area contributed by atoms with E-state index in [0.717, 1.165) is 46.9 Å². The maximum absolute atomic E-state index is 7.47. The van der Waals surface area contributed by atoms with Gasteiger partial charge < -0.3 is 19.6 Å². The van der Waals surface area contributed by atoms with Crippen molar-refractivity contribution < 1.29 is 18.3 Å². The highest BCUT2D eigenvalue weighted by Gasteiger charge is 2.77. The van der Waals surface area contributed by atoms with Crippen LogP contribution >= 0.6 is 11.6 Å². The fraction of sp³-hybridized carbons (Fsp3) is 0.242. The van der Waals surface area contributed by atoms with E-state index >= 15 is 0 Å². The molecule has 0 aliphatic heterocycles. The number of anilines is 4. The minimum Gasteiger partial charge on any atom is -0.377 e. The summed E-state index contributed by atoms with van der Waals surface area (Å²) in [7, 11) is 16.4. The molecule has 8 nitrogen and oxygen atoms in total. The molecule has 0 N–H and O–H groups in total. The molecule has 42 heavy (non-hydrogen) atoms. The predicted molar refractivity (Wildman–Crippen MR) is 168 cm³/mol. The van der Waals surface area contributed by atoms with Gasteiger partial charge in [0.1, 0.15) is 0 Å². The van der Waals surface area contributed by atoms with E-state index in [1.165, 1.54) is 0 Å². The van der Waals surface area contributed by atoms with Gasteiger partial charge in [0, 0.05) is 128 Å². The zero-order valence-electron chi connectivity index (χ0n) is 25.7. The molecule has 0 spiro atoms.